The van der Waals surface area contributed by atoms with E-state index < -0.39 is 6.10 Å². The zero-order valence-electron chi connectivity index (χ0n) is 15.4. The number of hydrogen-bond donors (Lipinski definition) is 1. The van der Waals surface area contributed by atoms with E-state index >= 15 is 0 Å². The maximum absolute atomic E-state index is 13.1. The molecule has 1 aliphatic rings. The van der Waals surface area contributed by atoms with Crippen LogP contribution in [0.1, 0.15) is 35.8 Å². The molecular formula is C21H23ClN2O3. The predicted octanol–water partition coefficient (Wildman–Crippen LogP) is 3.48. The normalized spacial score (nSPS) is 18.0. The number of benzene rings is 2. The molecule has 142 valence electrons. The van der Waals surface area contributed by atoms with Crippen LogP contribution in [-0.4, -0.2) is 42.3 Å². The van der Waals surface area contributed by atoms with Crippen molar-refractivity contribution in [3.8, 4) is 5.75 Å². The number of nitrogens with zero attached hydrogens (tertiary/aromatic N) is 1. The minimum atomic E-state index is -0.671. The van der Waals surface area contributed by atoms with Crippen molar-refractivity contribution in [2.45, 2.75) is 26.0 Å². The third-order valence-electron chi connectivity index (χ3n) is 4.69. The number of halogens is 1. The highest BCUT2D eigenvalue weighted by atomic mass is 35.5. The van der Waals surface area contributed by atoms with Crippen molar-refractivity contribution in [2.75, 3.05) is 19.6 Å². The van der Waals surface area contributed by atoms with Crippen LogP contribution >= 0.6 is 11.6 Å². The summed E-state index contributed by atoms with van der Waals surface area (Å²) in [6.45, 7) is 5.17. The lowest BCUT2D eigenvalue weighted by molar-refractivity contribution is -0.141. The SMILES string of the molecule is CC(=O)c1cccc(OC(C)C(=O)N2CCNCC2c2ccccc2Cl)c1. The van der Waals surface area contributed by atoms with Gasteiger partial charge in [-0.15, -0.1) is 0 Å². The van der Waals surface area contributed by atoms with Crippen molar-refractivity contribution >= 4 is 23.3 Å². The second-order valence-electron chi connectivity index (χ2n) is 6.62. The number of Topliss-reactive ketones (excluding diaryl/α,β-unsaturated/α-hetero) is 1. The molecule has 0 spiro atoms. The van der Waals surface area contributed by atoms with Gasteiger partial charge in [-0.05, 0) is 37.6 Å². The largest absolute Gasteiger partial charge is 0.481 e. The molecule has 1 saturated heterocycles. The third-order valence-corrected chi connectivity index (χ3v) is 5.04. The van der Waals surface area contributed by atoms with Crippen LogP contribution < -0.4 is 10.1 Å². The Bertz CT molecular complexity index is 840. The van der Waals surface area contributed by atoms with Crippen molar-refractivity contribution in [1.82, 2.24) is 10.2 Å². The summed E-state index contributed by atoms with van der Waals surface area (Å²) in [5.41, 5.74) is 1.48. The highest BCUT2D eigenvalue weighted by Gasteiger charge is 2.32. The zero-order valence-corrected chi connectivity index (χ0v) is 16.2. The van der Waals surface area contributed by atoms with Crippen molar-refractivity contribution in [2.24, 2.45) is 0 Å². The molecule has 0 bridgehead atoms. The number of carbonyl (C=O) groups is 2. The minimum Gasteiger partial charge on any atom is -0.481 e. The average molecular weight is 387 g/mol. The Labute approximate surface area is 164 Å². The smallest absolute Gasteiger partial charge is 0.263 e. The first kappa shape index (κ1) is 19.4. The second-order valence-corrected chi connectivity index (χ2v) is 7.02. The lowest BCUT2D eigenvalue weighted by Gasteiger charge is -2.38. The number of amides is 1. The fourth-order valence-corrected chi connectivity index (χ4v) is 3.53. The summed E-state index contributed by atoms with van der Waals surface area (Å²) in [5.74, 6) is 0.364. The molecule has 1 aliphatic heterocycles. The number of piperazine rings is 1. The first-order chi connectivity index (χ1) is 13.0. The molecule has 0 aromatic heterocycles. The number of ether oxygens (including phenoxy) is 1. The lowest BCUT2D eigenvalue weighted by Crippen LogP contribution is -2.52. The van der Waals surface area contributed by atoms with E-state index in [-0.39, 0.29) is 17.7 Å². The molecule has 2 unspecified atom stereocenters. The maximum atomic E-state index is 13.1. The Balaban J connectivity index is 1.77. The predicted molar refractivity (Wildman–Crippen MR) is 105 cm³/mol. The number of nitrogens with one attached hydrogen (secondary N) is 1. The molecule has 1 amide bonds. The fraction of sp³-hybridized carbons (Fsp3) is 0.333. The van der Waals surface area contributed by atoms with E-state index in [1.807, 2.05) is 29.2 Å². The van der Waals surface area contributed by atoms with E-state index in [0.29, 0.717) is 29.4 Å². The van der Waals surface area contributed by atoms with Crippen LogP contribution in [0.2, 0.25) is 5.02 Å². The Hall–Kier alpha value is -2.37. The molecule has 27 heavy (non-hydrogen) atoms. The summed E-state index contributed by atoms with van der Waals surface area (Å²) in [6.07, 6.45) is -0.671. The molecule has 0 radical (unpaired) electrons. The van der Waals surface area contributed by atoms with Gasteiger partial charge >= 0.3 is 0 Å². The van der Waals surface area contributed by atoms with Crippen LogP contribution in [0.4, 0.5) is 0 Å². The topological polar surface area (TPSA) is 58.6 Å². The summed E-state index contributed by atoms with van der Waals surface area (Å²) in [6, 6.07) is 14.3. The van der Waals surface area contributed by atoms with Gasteiger partial charge in [0.15, 0.2) is 11.9 Å². The van der Waals surface area contributed by atoms with Crippen LogP contribution in [0, 0.1) is 0 Å². The van der Waals surface area contributed by atoms with Gasteiger partial charge < -0.3 is 15.0 Å². The summed E-state index contributed by atoms with van der Waals surface area (Å²) in [7, 11) is 0. The molecule has 1 fully saturated rings. The number of carbonyl (C=O) groups excluding carboxylic acids is 2. The number of hydrogen-bond acceptors (Lipinski definition) is 4. The Morgan fingerprint density at radius 3 is 2.74 bits per heavy atom. The van der Waals surface area contributed by atoms with Crippen molar-refractivity contribution in [3.63, 3.8) is 0 Å². The Kier molecular flexibility index (Phi) is 6.14. The van der Waals surface area contributed by atoms with Crippen LogP contribution in [0.15, 0.2) is 48.5 Å². The quantitative estimate of drug-likeness (QED) is 0.799. The summed E-state index contributed by atoms with van der Waals surface area (Å²) < 4.78 is 5.84. The lowest BCUT2D eigenvalue weighted by atomic mass is 10.0. The van der Waals surface area contributed by atoms with Gasteiger partial charge in [-0.25, -0.2) is 0 Å². The third kappa shape index (κ3) is 4.49. The Morgan fingerprint density at radius 2 is 2.00 bits per heavy atom. The molecule has 3 rings (SSSR count). The van der Waals surface area contributed by atoms with Crippen LogP contribution in [0.25, 0.3) is 0 Å². The summed E-state index contributed by atoms with van der Waals surface area (Å²) in [5, 5.41) is 3.97. The van der Waals surface area contributed by atoms with E-state index in [0.717, 1.165) is 12.1 Å². The van der Waals surface area contributed by atoms with E-state index in [1.54, 1.807) is 31.2 Å². The van der Waals surface area contributed by atoms with Gasteiger partial charge in [-0.3, -0.25) is 9.59 Å². The van der Waals surface area contributed by atoms with E-state index in [4.69, 9.17) is 16.3 Å². The van der Waals surface area contributed by atoms with Gasteiger partial charge in [-0.1, -0.05) is 41.9 Å². The van der Waals surface area contributed by atoms with Crippen molar-refractivity contribution in [1.29, 1.82) is 0 Å². The van der Waals surface area contributed by atoms with Gasteiger partial charge in [0.25, 0.3) is 5.91 Å². The van der Waals surface area contributed by atoms with Gasteiger partial charge in [-0.2, -0.15) is 0 Å². The van der Waals surface area contributed by atoms with Crippen molar-refractivity contribution in [3.05, 3.63) is 64.7 Å². The highest BCUT2D eigenvalue weighted by Crippen LogP contribution is 2.29. The van der Waals surface area contributed by atoms with Crippen molar-refractivity contribution < 1.29 is 14.3 Å². The van der Waals surface area contributed by atoms with Gasteiger partial charge in [0.1, 0.15) is 5.75 Å². The molecular weight excluding hydrogens is 364 g/mol. The fourth-order valence-electron chi connectivity index (χ4n) is 3.27. The maximum Gasteiger partial charge on any atom is 0.263 e. The van der Waals surface area contributed by atoms with E-state index in [9.17, 15) is 9.59 Å². The van der Waals surface area contributed by atoms with Crippen LogP contribution in [0.5, 0.6) is 5.75 Å². The monoisotopic (exact) mass is 386 g/mol. The summed E-state index contributed by atoms with van der Waals surface area (Å²) >= 11 is 6.36. The zero-order chi connectivity index (χ0) is 19.4. The number of ketones is 1. The molecule has 1 heterocycles. The van der Waals surface area contributed by atoms with E-state index in [2.05, 4.69) is 5.32 Å². The standard InChI is InChI=1S/C21H23ClN2O3/c1-14(25)16-6-5-7-17(12-16)27-15(2)21(26)24-11-10-23-13-20(24)18-8-3-4-9-19(18)22/h3-9,12,15,20,23H,10-11,13H2,1-2H3. The van der Waals surface area contributed by atoms with Crippen LogP contribution in [0.3, 0.4) is 0 Å². The van der Waals surface area contributed by atoms with Gasteiger partial charge in [0, 0.05) is 30.2 Å². The first-order valence-corrected chi connectivity index (χ1v) is 9.38. The van der Waals surface area contributed by atoms with Gasteiger partial charge in [0.2, 0.25) is 0 Å². The molecule has 6 heteroatoms. The summed E-state index contributed by atoms with van der Waals surface area (Å²) in [4.78, 5) is 26.4. The number of rotatable bonds is 5. The Morgan fingerprint density at radius 1 is 1.22 bits per heavy atom. The molecule has 5 nitrogen and oxygen atoms in total. The average Bonchev–Trinajstić information content (AvgIpc) is 2.68. The second kappa shape index (κ2) is 8.55. The molecule has 2 atom stereocenters. The molecule has 0 aliphatic carbocycles. The highest BCUT2D eigenvalue weighted by molar-refractivity contribution is 6.31. The minimum absolute atomic E-state index is 0.0414. The molecule has 1 N–H and O–H groups in total. The molecule has 2 aromatic carbocycles. The first-order valence-electron chi connectivity index (χ1n) is 9.00. The van der Waals surface area contributed by atoms with E-state index in [1.165, 1.54) is 6.92 Å². The molecule has 0 saturated carbocycles. The molecule has 2 aromatic rings. The van der Waals surface area contributed by atoms with Crippen LogP contribution in [-0.2, 0) is 4.79 Å². The van der Waals surface area contributed by atoms with Gasteiger partial charge in [0.05, 0.1) is 6.04 Å².